The van der Waals surface area contributed by atoms with Gasteiger partial charge in [0.2, 0.25) is 0 Å². The van der Waals surface area contributed by atoms with Crippen molar-refractivity contribution >= 4 is 5.91 Å². The Bertz CT molecular complexity index is 380. The zero-order valence-electron chi connectivity index (χ0n) is 10.9. The summed E-state index contributed by atoms with van der Waals surface area (Å²) in [5.74, 6) is -0.0120. The van der Waals surface area contributed by atoms with Gasteiger partial charge in [-0.05, 0) is 38.4 Å². The van der Waals surface area contributed by atoms with Gasteiger partial charge in [-0.2, -0.15) is 0 Å². The van der Waals surface area contributed by atoms with Gasteiger partial charge in [0, 0.05) is 37.1 Å². The molecule has 1 aliphatic heterocycles. The van der Waals surface area contributed by atoms with Crippen molar-refractivity contribution in [3.05, 3.63) is 30.1 Å². The fraction of sp³-hybridized carbons (Fsp3) is 0.571. The number of likely N-dealkylation sites (tertiary alicyclic amines) is 1. The van der Waals surface area contributed by atoms with Gasteiger partial charge in [0.15, 0.2) is 0 Å². The molecule has 98 valence electrons. The Morgan fingerprint density at radius 2 is 2.22 bits per heavy atom. The molecule has 0 aliphatic carbocycles. The van der Waals surface area contributed by atoms with Crippen LogP contribution < -0.4 is 5.32 Å². The van der Waals surface area contributed by atoms with E-state index < -0.39 is 0 Å². The van der Waals surface area contributed by atoms with E-state index in [-0.39, 0.29) is 5.91 Å². The van der Waals surface area contributed by atoms with Crippen LogP contribution in [0.25, 0.3) is 0 Å². The Balaban J connectivity index is 1.73. The zero-order valence-corrected chi connectivity index (χ0v) is 10.9. The molecule has 18 heavy (non-hydrogen) atoms. The van der Waals surface area contributed by atoms with Crippen molar-refractivity contribution in [2.24, 2.45) is 0 Å². The minimum Gasteiger partial charge on any atom is -0.351 e. The van der Waals surface area contributed by atoms with E-state index in [4.69, 9.17) is 0 Å². The van der Waals surface area contributed by atoms with Gasteiger partial charge in [-0.15, -0.1) is 0 Å². The summed E-state index contributed by atoms with van der Waals surface area (Å²) in [6, 6.07) is 4.12. The number of hydrogen-bond acceptors (Lipinski definition) is 3. The number of carbonyl (C=O) groups excluding carboxylic acids is 1. The normalized spacial score (nSPS) is 20.6. The molecular weight excluding hydrogens is 226 g/mol. The molecule has 1 aromatic rings. The molecule has 0 bridgehead atoms. The number of rotatable bonds is 4. The molecule has 4 heteroatoms. The van der Waals surface area contributed by atoms with Gasteiger partial charge < -0.3 is 5.32 Å². The van der Waals surface area contributed by atoms with Crippen LogP contribution >= 0.6 is 0 Å². The first kappa shape index (κ1) is 13.0. The lowest BCUT2D eigenvalue weighted by atomic mass is 10.0. The van der Waals surface area contributed by atoms with Gasteiger partial charge in [0.25, 0.3) is 5.91 Å². The summed E-state index contributed by atoms with van der Waals surface area (Å²) in [4.78, 5) is 18.2. The highest BCUT2D eigenvalue weighted by Gasteiger charge is 2.17. The highest BCUT2D eigenvalue weighted by atomic mass is 16.1. The maximum Gasteiger partial charge on any atom is 0.251 e. The first-order chi connectivity index (χ1) is 8.77. The van der Waals surface area contributed by atoms with Crippen LogP contribution in [0.5, 0.6) is 0 Å². The number of nitrogens with one attached hydrogen (secondary N) is 1. The predicted molar refractivity (Wildman–Crippen MR) is 71.5 cm³/mol. The maximum atomic E-state index is 11.8. The van der Waals surface area contributed by atoms with Gasteiger partial charge >= 0.3 is 0 Å². The number of piperidine rings is 1. The monoisotopic (exact) mass is 247 g/mol. The molecule has 0 aromatic carbocycles. The average molecular weight is 247 g/mol. The molecule has 1 amide bonds. The predicted octanol–water partition coefficient (Wildman–Crippen LogP) is 1.69. The van der Waals surface area contributed by atoms with E-state index in [9.17, 15) is 4.79 Å². The molecule has 0 spiro atoms. The zero-order chi connectivity index (χ0) is 12.8. The maximum absolute atomic E-state index is 11.8. The molecule has 0 saturated carbocycles. The molecule has 1 saturated heterocycles. The molecular formula is C14H21N3O. The standard InChI is InChI=1S/C14H21N3O/c1-12-4-2-3-10-17(12)11-9-16-14(18)13-5-7-15-8-6-13/h5-8,12H,2-4,9-11H2,1H3,(H,16,18). The summed E-state index contributed by atoms with van der Waals surface area (Å²) in [5, 5.41) is 2.96. The smallest absolute Gasteiger partial charge is 0.251 e. The Morgan fingerprint density at radius 1 is 1.44 bits per heavy atom. The third-order valence-electron chi connectivity index (χ3n) is 3.57. The molecule has 1 aliphatic rings. The summed E-state index contributed by atoms with van der Waals surface area (Å²) >= 11 is 0. The average Bonchev–Trinajstić information content (AvgIpc) is 2.42. The first-order valence-electron chi connectivity index (χ1n) is 6.69. The number of amides is 1. The number of pyridine rings is 1. The van der Waals surface area contributed by atoms with E-state index in [1.54, 1.807) is 24.5 Å². The van der Waals surface area contributed by atoms with E-state index in [0.29, 0.717) is 18.2 Å². The Labute approximate surface area is 108 Å². The fourth-order valence-corrected chi connectivity index (χ4v) is 2.41. The fourth-order valence-electron chi connectivity index (χ4n) is 2.41. The SMILES string of the molecule is CC1CCCCN1CCNC(=O)c1ccncc1. The highest BCUT2D eigenvalue weighted by molar-refractivity contribution is 5.93. The lowest BCUT2D eigenvalue weighted by Crippen LogP contribution is -2.42. The highest BCUT2D eigenvalue weighted by Crippen LogP contribution is 2.15. The van der Waals surface area contributed by atoms with Gasteiger partial charge in [-0.3, -0.25) is 14.7 Å². The van der Waals surface area contributed by atoms with Crippen LogP contribution in [0.1, 0.15) is 36.5 Å². The number of carbonyl (C=O) groups is 1. The number of hydrogen-bond donors (Lipinski definition) is 1. The molecule has 1 aromatic heterocycles. The van der Waals surface area contributed by atoms with Crippen molar-refractivity contribution in [2.75, 3.05) is 19.6 Å². The molecule has 1 unspecified atom stereocenters. The second-order valence-corrected chi connectivity index (χ2v) is 4.87. The van der Waals surface area contributed by atoms with E-state index in [0.717, 1.165) is 13.1 Å². The minimum absolute atomic E-state index is 0.0120. The van der Waals surface area contributed by atoms with Crippen LogP contribution in [-0.2, 0) is 0 Å². The van der Waals surface area contributed by atoms with Crippen molar-refractivity contribution in [2.45, 2.75) is 32.2 Å². The lowest BCUT2D eigenvalue weighted by Gasteiger charge is -2.33. The first-order valence-corrected chi connectivity index (χ1v) is 6.69. The van der Waals surface area contributed by atoms with Gasteiger partial charge in [0.1, 0.15) is 0 Å². The van der Waals surface area contributed by atoms with Crippen LogP contribution in [0.4, 0.5) is 0 Å². The Kier molecular flexibility index (Phi) is 4.70. The molecule has 4 nitrogen and oxygen atoms in total. The minimum atomic E-state index is -0.0120. The second-order valence-electron chi connectivity index (χ2n) is 4.87. The quantitative estimate of drug-likeness (QED) is 0.880. The third-order valence-corrected chi connectivity index (χ3v) is 3.57. The van der Waals surface area contributed by atoms with Crippen LogP contribution in [0.3, 0.4) is 0 Å². The van der Waals surface area contributed by atoms with Crippen LogP contribution in [0.2, 0.25) is 0 Å². The van der Waals surface area contributed by atoms with Gasteiger partial charge in [-0.1, -0.05) is 6.42 Å². The van der Waals surface area contributed by atoms with Crippen molar-refractivity contribution in [3.63, 3.8) is 0 Å². The van der Waals surface area contributed by atoms with Gasteiger partial charge in [0.05, 0.1) is 0 Å². The van der Waals surface area contributed by atoms with E-state index in [1.165, 1.54) is 19.3 Å². The number of nitrogens with zero attached hydrogens (tertiary/aromatic N) is 2. The molecule has 1 N–H and O–H groups in total. The second kappa shape index (κ2) is 6.50. The van der Waals surface area contributed by atoms with Crippen molar-refractivity contribution in [1.82, 2.24) is 15.2 Å². The summed E-state index contributed by atoms with van der Waals surface area (Å²) < 4.78 is 0. The van der Waals surface area contributed by atoms with Crippen LogP contribution in [0, 0.1) is 0 Å². The van der Waals surface area contributed by atoms with Gasteiger partial charge in [-0.25, -0.2) is 0 Å². The Morgan fingerprint density at radius 3 is 2.94 bits per heavy atom. The third kappa shape index (κ3) is 3.53. The number of aromatic nitrogens is 1. The van der Waals surface area contributed by atoms with Crippen molar-refractivity contribution in [3.8, 4) is 0 Å². The molecule has 1 atom stereocenters. The summed E-state index contributed by atoms with van der Waals surface area (Å²) in [6.45, 7) is 5.08. The van der Waals surface area contributed by atoms with E-state index in [2.05, 4.69) is 22.1 Å². The van der Waals surface area contributed by atoms with Crippen LogP contribution in [-0.4, -0.2) is 41.5 Å². The molecule has 2 rings (SSSR count). The molecule has 0 radical (unpaired) electrons. The van der Waals surface area contributed by atoms with E-state index >= 15 is 0 Å². The lowest BCUT2D eigenvalue weighted by molar-refractivity contribution is 0.0938. The summed E-state index contributed by atoms with van der Waals surface area (Å²) in [5.41, 5.74) is 0.677. The largest absolute Gasteiger partial charge is 0.351 e. The topological polar surface area (TPSA) is 45.2 Å². The van der Waals surface area contributed by atoms with E-state index in [1.807, 2.05) is 0 Å². The molecule has 2 heterocycles. The summed E-state index contributed by atoms with van der Waals surface area (Å²) in [7, 11) is 0. The molecule has 1 fully saturated rings. The summed E-state index contributed by atoms with van der Waals surface area (Å²) in [6.07, 6.45) is 7.17. The van der Waals surface area contributed by atoms with Crippen LogP contribution in [0.15, 0.2) is 24.5 Å². The van der Waals surface area contributed by atoms with Crippen molar-refractivity contribution in [1.29, 1.82) is 0 Å². The van der Waals surface area contributed by atoms with Crippen molar-refractivity contribution < 1.29 is 4.79 Å². The Hall–Kier alpha value is -1.42.